The number of piperidine rings is 1. The van der Waals surface area contributed by atoms with Gasteiger partial charge in [0.25, 0.3) is 5.91 Å². The van der Waals surface area contributed by atoms with E-state index in [1.54, 1.807) is 29.2 Å². The molecule has 27 heavy (non-hydrogen) atoms. The summed E-state index contributed by atoms with van der Waals surface area (Å²) in [7, 11) is 1.85. The van der Waals surface area contributed by atoms with Crippen molar-refractivity contribution in [1.82, 2.24) is 15.1 Å². The highest BCUT2D eigenvalue weighted by Crippen LogP contribution is 2.18. The molecule has 2 rings (SSSR count). The van der Waals surface area contributed by atoms with E-state index < -0.39 is 0 Å². The standard InChI is InChI=1S/C21H31N3O3/c1-21(2,3)23(4)19(26)14-24-10-8-16(9-11-24)13-22-20(27)18-7-5-6-17(12-18)15-25/h5-7,12,15-16H,8-11,13-14H2,1-4H3,(H,22,27). The van der Waals surface area contributed by atoms with Gasteiger partial charge in [-0.25, -0.2) is 0 Å². The highest BCUT2D eigenvalue weighted by molar-refractivity contribution is 5.95. The number of benzene rings is 1. The maximum absolute atomic E-state index is 12.4. The van der Waals surface area contributed by atoms with Crippen molar-refractivity contribution in [3.63, 3.8) is 0 Å². The smallest absolute Gasteiger partial charge is 0.251 e. The van der Waals surface area contributed by atoms with Crippen molar-refractivity contribution < 1.29 is 14.4 Å². The van der Waals surface area contributed by atoms with Gasteiger partial charge >= 0.3 is 0 Å². The molecule has 6 nitrogen and oxygen atoms in total. The van der Waals surface area contributed by atoms with Crippen LogP contribution in [0.2, 0.25) is 0 Å². The minimum Gasteiger partial charge on any atom is -0.352 e. The molecule has 2 amide bonds. The van der Waals surface area contributed by atoms with E-state index in [1.165, 1.54) is 0 Å². The van der Waals surface area contributed by atoms with Crippen molar-refractivity contribution in [2.45, 2.75) is 39.2 Å². The van der Waals surface area contributed by atoms with Gasteiger partial charge in [0, 0.05) is 30.3 Å². The number of rotatable bonds is 6. The minimum atomic E-state index is -0.166. The Balaban J connectivity index is 1.75. The third-order valence-electron chi connectivity index (χ3n) is 5.28. The molecule has 0 aliphatic carbocycles. The van der Waals surface area contributed by atoms with Crippen molar-refractivity contribution in [1.29, 1.82) is 0 Å². The van der Waals surface area contributed by atoms with E-state index >= 15 is 0 Å². The molecular formula is C21H31N3O3. The van der Waals surface area contributed by atoms with Crippen LogP contribution in [0.5, 0.6) is 0 Å². The molecule has 0 atom stereocenters. The molecule has 1 fully saturated rings. The number of hydrogen-bond acceptors (Lipinski definition) is 4. The third-order valence-corrected chi connectivity index (χ3v) is 5.28. The van der Waals surface area contributed by atoms with Crippen LogP contribution in [0.15, 0.2) is 24.3 Å². The fourth-order valence-electron chi connectivity index (χ4n) is 3.11. The molecule has 148 valence electrons. The van der Waals surface area contributed by atoms with E-state index in [-0.39, 0.29) is 17.4 Å². The zero-order valence-electron chi connectivity index (χ0n) is 16.8. The van der Waals surface area contributed by atoms with Crippen LogP contribution in [0.25, 0.3) is 0 Å². The highest BCUT2D eigenvalue weighted by atomic mass is 16.2. The number of carbonyl (C=O) groups excluding carboxylic acids is 3. The number of aldehydes is 1. The minimum absolute atomic E-state index is 0.143. The van der Waals surface area contributed by atoms with Gasteiger partial charge in [-0.3, -0.25) is 19.3 Å². The van der Waals surface area contributed by atoms with Gasteiger partial charge in [-0.1, -0.05) is 12.1 Å². The monoisotopic (exact) mass is 373 g/mol. The van der Waals surface area contributed by atoms with Gasteiger partial charge in [0.05, 0.1) is 6.54 Å². The van der Waals surface area contributed by atoms with Gasteiger partial charge in [0.1, 0.15) is 6.29 Å². The second-order valence-electron chi connectivity index (χ2n) is 8.30. The molecule has 1 aliphatic heterocycles. The van der Waals surface area contributed by atoms with Gasteiger partial charge in [-0.05, 0) is 64.8 Å². The summed E-state index contributed by atoms with van der Waals surface area (Å²) in [6.07, 6.45) is 2.66. The first kappa shape index (κ1) is 21.1. The Morgan fingerprint density at radius 3 is 2.52 bits per heavy atom. The largest absolute Gasteiger partial charge is 0.352 e. The van der Waals surface area contributed by atoms with E-state index in [0.717, 1.165) is 32.2 Å². The summed E-state index contributed by atoms with van der Waals surface area (Å²) >= 11 is 0. The van der Waals surface area contributed by atoms with Crippen molar-refractivity contribution >= 4 is 18.1 Å². The predicted octanol–water partition coefficient (Wildman–Crippen LogP) is 2.20. The zero-order valence-corrected chi connectivity index (χ0v) is 16.8. The molecular weight excluding hydrogens is 342 g/mol. The molecule has 1 aromatic rings. The fourth-order valence-corrected chi connectivity index (χ4v) is 3.11. The molecule has 1 saturated heterocycles. The zero-order chi connectivity index (χ0) is 20.0. The summed E-state index contributed by atoms with van der Waals surface area (Å²) in [4.78, 5) is 39.4. The van der Waals surface area contributed by atoms with Gasteiger partial charge < -0.3 is 10.2 Å². The Bertz CT molecular complexity index is 673. The van der Waals surface area contributed by atoms with E-state index in [2.05, 4.69) is 10.2 Å². The Hall–Kier alpha value is -2.21. The summed E-state index contributed by atoms with van der Waals surface area (Å²) < 4.78 is 0. The SMILES string of the molecule is CN(C(=O)CN1CCC(CNC(=O)c2cccc(C=O)c2)CC1)C(C)(C)C. The lowest BCUT2D eigenvalue weighted by atomic mass is 9.96. The molecule has 0 saturated carbocycles. The molecule has 1 aromatic carbocycles. The van der Waals surface area contributed by atoms with Gasteiger partial charge in [0.2, 0.25) is 5.91 Å². The number of carbonyl (C=O) groups is 3. The van der Waals surface area contributed by atoms with Crippen LogP contribution >= 0.6 is 0 Å². The maximum Gasteiger partial charge on any atom is 0.251 e. The first-order chi connectivity index (χ1) is 12.7. The highest BCUT2D eigenvalue weighted by Gasteiger charge is 2.26. The first-order valence-corrected chi connectivity index (χ1v) is 9.53. The Kier molecular flexibility index (Phi) is 7.13. The molecule has 0 unspecified atom stereocenters. The maximum atomic E-state index is 12.4. The number of likely N-dealkylation sites (N-methyl/N-ethyl adjacent to an activating group) is 1. The Morgan fingerprint density at radius 2 is 1.93 bits per heavy atom. The number of amides is 2. The number of hydrogen-bond donors (Lipinski definition) is 1. The number of nitrogens with zero attached hydrogens (tertiary/aromatic N) is 2. The lowest BCUT2D eigenvalue weighted by Crippen LogP contribution is -2.49. The second kappa shape index (κ2) is 9.13. The molecule has 0 bridgehead atoms. The lowest BCUT2D eigenvalue weighted by molar-refractivity contribution is -0.135. The van der Waals surface area contributed by atoms with Crippen molar-refractivity contribution in [2.24, 2.45) is 5.92 Å². The van der Waals surface area contributed by atoms with Crippen molar-refractivity contribution in [2.75, 3.05) is 33.2 Å². The van der Waals surface area contributed by atoms with E-state index in [0.29, 0.717) is 30.1 Å². The number of nitrogens with one attached hydrogen (secondary N) is 1. The Labute approximate surface area is 161 Å². The van der Waals surface area contributed by atoms with Crippen molar-refractivity contribution in [3.8, 4) is 0 Å². The second-order valence-corrected chi connectivity index (χ2v) is 8.30. The quantitative estimate of drug-likeness (QED) is 0.776. The third kappa shape index (κ3) is 6.17. The van der Waals surface area contributed by atoms with E-state index in [9.17, 15) is 14.4 Å². The molecule has 0 aromatic heterocycles. The fraction of sp³-hybridized carbons (Fsp3) is 0.571. The van der Waals surface area contributed by atoms with Crippen molar-refractivity contribution in [3.05, 3.63) is 35.4 Å². The van der Waals surface area contributed by atoms with Crippen LogP contribution in [0.3, 0.4) is 0 Å². The van der Waals surface area contributed by atoms with Crippen LogP contribution < -0.4 is 5.32 Å². The molecule has 6 heteroatoms. The average Bonchev–Trinajstić information content (AvgIpc) is 2.65. The van der Waals surface area contributed by atoms with Crippen LogP contribution in [-0.4, -0.2) is 66.7 Å². The van der Waals surface area contributed by atoms with Gasteiger partial charge in [-0.2, -0.15) is 0 Å². The molecule has 1 aliphatic rings. The lowest BCUT2D eigenvalue weighted by Gasteiger charge is -2.36. The van der Waals surface area contributed by atoms with Crippen LogP contribution in [0.1, 0.15) is 54.3 Å². The van der Waals surface area contributed by atoms with Crippen LogP contribution in [0.4, 0.5) is 0 Å². The van der Waals surface area contributed by atoms with E-state index in [1.807, 2.05) is 27.8 Å². The van der Waals surface area contributed by atoms with E-state index in [4.69, 9.17) is 0 Å². The van der Waals surface area contributed by atoms with Crippen LogP contribution in [0, 0.1) is 5.92 Å². The Morgan fingerprint density at radius 1 is 1.26 bits per heavy atom. The molecule has 1 N–H and O–H groups in total. The summed E-state index contributed by atoms with van der Waals surface area (Å²) in [6.45, 7) is 8.90. The summed E-state index contributed by atoms with van der Waals surface area (Å²) in [5.74, 6) is 0.405. The topological polar surface area (TPSA) is 69.7 Å². The molecule has 0 radical (unpaired) electrons. The summed E-state index contributed by atoms with van der Waals surface area (Å²) in [6, 6.07) is 6.70. The molecule has 1 heterocycles. The van der Waals surface area contributed by atoms with Gasteiger partial charge in [-0.15, -0.1) is 0 Å². The summed E-state index contributed by atoms with van der Waals surface area (Å²) in [5.41, 5.74) is 0.842. The molecule has 0 spiro atoms. The summed E-state index contributed by atoms with van der Waals surface area (Å²) in [5, 5.41) is 2.97. The number of likely N-dealkylation sites (tertiary alicyclic amines) is 1. The normalized spacial score (nSPS) is 16.0. The average molecular weight is 373 g/mol. The van der Waals surface area contributed by atoms with Crippen LogP contribution in [-0.2, 0) is 4.79 Å². The van der Waals surface area contributed by atoms with Gasteiger partial charge in [0.15, 0.2) is 0 Å². The first-order valence-electron chi connectivity index (χ1n) is 9.53. The predicted molar refractivity (Wildman–Crippen MR) is 106 cm³/mol.